The molecule has 3 rings (SSSR count). The molecule has 0 heterocycles. The summed E-state index contributed by atoms with van der Waals surface area (Å²) in [6.45, 7) is 0. The van der Waals surface area contributed by atoms with Crippen molar-refractivity contribution < 1.29 is 19.7 Å². The van der Waals surface area contributed by atoms with E-state index in [4.69, 9.17) is 14.9 Å². The Balaban J connectivity index is 0.000000203. The van der Waals surface area contributed by atoms with Gasteiger partial charge < -0.3 is 14.9 Å². The fourth-order valence-electron chi connectivity index (χ4n) is 2.60. The molecule has 23 heavy (non-hydrogen) atoms. The summed E-state index contributed by atoms with van der Waals surface area (Å²) in [4.78, 5) is 11.7. The number of phenolic OH excluding ortho intramolecular Hbond substituents is 2. The molecule has 0 atom stereocenters. The Labute approximate surface area is 137 Å². The van der Waals surface area contributed by atoms with E-state index in [1.54, 1.807) is 6.07 Å². The SMILES string of the molecule is O=C(OC1=CCCCC1)C1=CCCCC1.Oc1cccc(O)c1. The number of hydrogen-bond acceptors (Lipinski definition) is 4. The van der Waals surface area contributed by atoms with Crippen molar-refractivity contribution in [3.63, 3.8) is 0 Å². The molecule has 0 radical (unpaired) electrons. The van der Waals surface area contributed by atoms with Gasteiger partial charge in [0.25, 0.3) is 0 Å². The Bertz CT molecular complexity index is 570. The average molecular weight is 316 g/mol. The largest absolute Gasteiger partial charge is 0.508 e. The lowest BCUT2D eigenvalue weighted by atomic mass is 10.00. The van der Waals surface area contributed by atoms with Crippen LogP contribution in [-0.4, -0.2) is 16.2 Å². The van der Waals surface area contributed by atoms with Gasteiger partial charge in [0.1, 0.15) is 17.3 Å². The molecule has 0 unspecified atom stereocenters. The predicted octanol–water partition coefficient (Wildman–Crippen LogP) is 4.59. The zero-order valence-corrected chi connectivity index (χ0v) is 13.3. The molecule has 4 heteroatoms. The maximum absolute atomic E-state index is 11.7. The van der Waals surface area contributed by atoms with Crippen molar-refractivity contribution >= 4 is 5.97 Å². The van der Waals surface area contributed by atoms with Crippen LogP contribution in [0.2, 0.25) is 0 Å². The Morgan fingerprint density at radius 3 is 2.04 bits per heavy atom. The highest BCUT2D eigenvalue weighted by Crippen LogP contribution is 2.23. The highest BCUT2D eigenvalue weighted by atomic mass is 16.5. The van der Waals surface area contributed by atoms with Gasteiger partial charge >= 0.3 is 5.97 Å². The Hall–Kier alpha value is -2.23. The van der Waals surface area contributed by atoms with Crippen molar-refractivity contribution in [3.05, 3.63) is 47.7 Å². The molecule has 2 aliphatic rings. The Kier molecular flexibility index (Phi) is 6.73. The van der Waals surface area contributed by atoms with Crippen LogP contribution >= 0.6 is 0 Å². The lowest BCUT2D eigenvalue weighted by Gasteiger charge is -2.15. The van der Waals surface area contributed by atoms with Crippen LogP contribution in [0.1, 0.15) is 51.4 Å². The standard InChI is InChI=1S/C13H18O2.C6H6O2/c14-13(11-7-3-1-4-8-11)15-12-9-5-2-6-10-12;7-5-2-1-3-6(8)4-5/h7,9H,1-6,8,10H2;1-4,7-8H. The smallest absolute Gasteiger partial charge is 0.338 e. The van der Waals surface area contributed by atoms with Crippen LogP contribution in [0.25, 0.3) is 0 Å². The zero-order chi connectivity index (χ0) is 16.5. The number of allylic oxidation sites excluding steroid dienone is 3. The molecule has 0 amide bonds. The summed E-state index contributed by atoms with van der Waals surface area (Å²) in [7, 11) is 0. The van der Waals surface area contributed by atoms with Crippen molar-refractivity contribution in [2.45, 2.75) is 51.4 Å². The second kappa shape index (κ2) is 9.03. The summed E-state index contributed by atoms with van der Waals surface area (Å²) in [5, 5.41) is 17.3. The van der Waals surface area contributed by atoms with Gasteiger partial charge in [0, 0.05) is 18.1 Å². The number of benzene rings is 1. The number of hydrogen-bond donors (Lipinski definition) is 2. The van der Waals surface area contributed by atoms with Crippen molar-refractivity contribution in [2.75, 3.05) is 0 Å². The molecule has 0 aromatic heterocycles. The molecule has 2 N–H and O–H groups in total. The van der Waals surface area contributed by atoms with Crippen LogP contribution < -0.4 is 0 Å². The maximum Gasteiger partial charge on any atom is 0.338 e. The molecule has 2 aliphatic carbocycles. The van der Waals surface area contributed by atoms with E-state index < -0.39 is 0 Å². The average Bonchev–Trinajstić information content (AvgIpc) is 2.57. The number of aromatic hydroxyl groups is 2. The molecule has 0 fully saturated rings. The predicted molar refractivity (Wildman–Crippen MR) is 89.0 cm³/mol. The highest BCUT2D eigenvalue weighted by molar-refractivity contribution is 5.89. The summed E-state index contributed by atoms with van der Waals surface area (Å²) in [5.41, 5.74) is 0.882. The van der Waals surface area contributed by atoms with Gasteiger partial charge in [-0.25, -0.2) is 4.79 Å². The van der Waals surface area contributed by atoms with Crippen LogP contribution in [0.4, 0.5) is 0 Å². The fourth-order valence-corrected chi connectivity index (χ4v) is 2.60. The number of phenols is 2. The van der Waals surface area contributed by atoms with Gasteiger partial charge in [-0.05, 0) is 63.2 Å². The molecule has 124 valence electrons. The quantitative estimate of drug-likeness (QED) is 0.783. The van der Waals surface area contributed by atoms with Gasteiger partial charge in [0.15, 0.2) is 0 Å². The third-order valence-corrected chi connectivity index (χ3v) is 3.86. The first-order valence-electron chi connectivity index (χ1n) is 8.23. The first-order valence-corrected chi connectivity index (χ1v) is 8.23. The summed E-state index contributed by atoms with van der Waals surface area (Å²) in [6.07, 6.45) is 12.7. The third-order valence-electron chi connectivity index (χ3n) is 3.86. The number of esters is 1. The topological polar surface area (TPSA) is 66.8 Å². The minimum absolute atomic E-state index is 0.0880. The van der Waals surface area contributed by atoms with E-state index in [0.717, 1.165) is 49.9 Å². The van der Waals surface area contributed by atoms with E-state index >= 15 is 0 Å². The minimum Gasteiger partial charge on any atom is -0.508 e. The molecule has 1 aromatic rings. The monoisotopic (exact) mass is 316 g/mol. The maximum atomic E-state index is 11.7. The van der Waals surface area contributed by atoms with E-state index in [9.17, 15) is 4.79 Å². The van der Waals surface area contributed by atoms with Gasteiger partial charge in [0.2, 0.25) is 0 Å². The van der Waals surface area contributed by atoms with Crippen LogP contribution in [0, 0.1) is 0 Å². The van der Waals surface area contributed by atoms with E-state index in [-0.39, 0.29) is 17.5 Å². The Morgan fingerprint density at radius 1 is 0.913 bits per heavy atom. The van der Waals surface area contributed by atoms with Crippen LogP contribution in [0.3, 0.4) is 0 Å². The van der Waals surface area contributed by atoms with Crippen LogP contribution in [0.5, 0.6) is 11.5 Å². The molecular formula is C19H24O4. The number of carbonyl (C=O) groups is 1. The van der Waals surface area contributed by atoms with Gasteiger partial charge in [-0.2, -0.15) is 0 Å². The number of rotatable bonds is 2. The Morgan fingerprint density at radius 2 is 1.57 bits per heavy atom. The second-order valence-electron chi connectivity index (χ2n) is 5.80. The molecular weight excluding hydrogens is 292 g/mol. The summed E-state index contributed by atoms with van der Waals surface area (Å²) in [6, 6.07) is 5.85. The van der Waals surface area contributed by atoms with Crippen LogP contribution in [0.15, 0.2) is 47.7 Å². The van der Waals surface area contributed by atoms with Gasteiger partial charge in [-0.3, -0.25) is 0 Å². The van der Waals surface area contributed by atoms with Crippen molar-refractivity contribution in [1.82, 2.24) is 0 Å². The van der Waals surface area contributed by atoms with E-state index in [1.165, 1.54) is 31.0 Å². The summed E-state index contributed by atoms with van der Waals surface area (Å²) >= 11 is 0. The van der Waals surface area contributed by atoms with E-state index in [1.807, 2.05) is 6.08 Å². The summed E-state index contributed by atoms with van der Waals surface area (Å²) < 4.78 is 5.38. The van der Waals surface area contributed by atoms with Gasteiger partial charge in [0.05, 0.1) is 0 Å². The fraction of sp³-hybridized carbons (Fsp3) is 0.421. The molecule has 0 bridgehead atoms. The first-order chi connectivity index (χ1) is 11.1. The normalized spacial score (nSPS) is 17.2. The van der Waals surface area contributed by atoms with Gasteiger partial charge in [-0.15, -0.1) is 0 Å². The number of carbonyl (C=O) groups excluding carboxylic acids is 1. The van der Waals surface area contributed by atoms with Crippen molar-refractivity contribution in [3.8, 4) is 11.5 Å². The van der Waals surface area contributed by atoms with Gasteiger partial charge in [-0.1, -0.05) is 12.1 Å². The molecule has 0 saturated heterocycles. The summed E-state index contributed by atoms with van der Waals surface area (Å²) in [5.74, 6) is 0.954. The number of ether oxygens (including phenoxy) is 1. The van der Waals surface area contributed by atoms with E-state index in [0.29, 0.717) is 0 Å². The molecule has 0 spiro atoms. The molecule has 0 saturated carbocycles. The second-order valence-corrected chi connectivity index (χ2v) is 5.80. The molecule has 1 aromatic carbocycles. The minimum atomic E-state index is -0.108. The lowest BCUT2D eigenvalue weighted by molar-refractivity contribution is -0.135. The first kappa shape index (κ1) is 17.1. The lowest BCUT2D eigenvalue weighted by Crippen LogP contribution is -2.11. The van der Waals surface area contributed by atoms with Crippen molar-refractivity contribution in [2.24, 2.45) is 0 Å². The molecule has 4 nitrogen and oxygen atoms in total. The molecule has 0 aliphatic heterocycles. The highest BCUT2D eigenvalue weighted by Gasteiger charge is 2.16. The third kappa shape index (κ3) is 6.19. The van der Waals surface area contributed by atoms with E-state index in [2.05, 4.69) is 6.08 Å². The zero-order valence-electron chi connectivity index (χ0n) is 13.3. The van der Waals surface area contributed by atoms with Crippen molar-refractivity contribution in [1.29, 1.82) is 0 Å². The van der Waals surface area contributed by atoms with Crippen LogP contribution in [-0.2, 0) is 9.53 Å².